The lowest BCUT2D eigenvalue weighted by Gasteiger charge is -2.09. The van der Waals surface area contributed by atoms with Crippen molar-refractivity contribution < 1.29 is 13.2 Å². The number of fused-ring (bicyclic) bond motifs is 1. The highest BCUT2D eigenvalue weighted by Crippen LogP contribution is 2.29. The zero-order chi connectivity index (χ0) is 17.7. The van der Waals surface area contributed by atoms with Crippen molar-refractivity contribution in [1.82, 2.24) is 0 Å². The molecule has 0 aliphatic rings. The Morgan fingerprint density at radius 2 is 1.40 bits per heavy atom. The summed E-state index contributed by atoms with van der Waals surface area (Å²) in [7, 11) is 0. The molecule has 0 fully saturated rings. The van der Waals surface area contributed by atoms with Gasteiger partial charge in [0.15, 0.2) is 0 Å². The summed E-state index contributed by atoms with van der Waals surface area (Å²) in [6.07, 6.45) is -2.24. The molecule has 0 spiro atoms. The molecule has 0 unspecified atom stereocenters. The number of aryl methyl sites for hydroxylation is 1. The Balaban J connectivity index is 1.62. The highest BCUT2D eigenvalue weighted by atomic mass is 19.4. The van der Waals surface area contributed by atoms with E-state index in [1.54, 1.807) is 0 Å². The molecule has 0 heterocycles. The van der Waals surface area contributed by atoms with Crippen molar-refractivity contribution in [2.24, 2.45) is 0 Å². The van der Waals surface area contributed by atoms with Gasteiger partial charge in [-0.25, -0.2) is 0 Å². The normalized spacial score (nSPS) is 11.8. The average molecular weight is 342 g/mol. The van der Waals surface area contributed by atoms with Crippen molar-refractivity contribution in [3.05, 3.63) is 72.3 Å². The summed E-state index contributed by atoms with van der Waals surface area (Å²) in [5.74, 6) is 0. The Labute approximate surface area is 146 Å². The predicted octanol–water partition coefficient (Wildman–Crippen LogP) is 7.17. The molecule has 0 saturated heterocycles. The van der Waals surface area contributed by atoms with Gasteiger partial charge in [0.2, 0.25) is 0 Å². The molecule has 0 nitrogen and oxygen atoms in total. The minimum atomic E-state index is -4.03. The zero-order valence-electron chi connectivity index (χ0n) is 14.0. The summed E-state index contributed by atoms with van der Waals surface area (Å²) in [5, 5.41) is 2.44. The first-order valence-electron chi connectivity index (χ1n) is 8.67. The lowest BCUT2D eigenvalue weighted by atomic mass is 9.96. The summed E-state index contributed by atoms with van der Waals surface area (Å²) in [5.41, 5.74) is 3.54. The van der Waals surface area contributed by atoms with Crippen molar-refractivity contribution in [2.45, 2.75) is 38.3 Å². The molecular weight excluding hydrogens is 321 g/mol. The average Bonchev–Trinajstić information content (AvgIpc) is 2.61. The first kappa shape index (κ1) is 17.5. The second kappa shape index (κ2) is 7.73. The fraction of sp³-hybridized carbons (Fsp3) is 0.273. The maximum atomic E-state index is 12.1. The number of hydrogen-bond acceptors (Lipinski definition) is 0. The van der Waals surface area contributed by atoms with Crippen LogP contribution >= 0.6 is 0 Å². The maximum Gasteiger partial charge on any atom is 0.389 e. The summed E-state index contributed by atoms with van der Waals surface area (Å²) in [6, 6.07) is 23.0. The van der Waals surface area contributed by atoms with Crippen molar-refractivity contribution in [3.8, 4) is 11.1 Å². The zero-order valence-corrected chi connectivity index (χ0v) is 14.0. The van der Waals surface area contributed by atoms with Gasteiger partial charge in [-0.1, -0.05) is 73.2 Å². The third-order valence-electron chi connectivity index (χ3n) is 4.48. The fourth-order valence-corrected chi connectivity index (χ4v) is 3.16. The molecule has 0 aromatic heterocycles. The van der Waals surface area contributed by atoms with Gasteiger partial charge in [0.1, 0.15) is 0 Å². The van der Waals surface area contributed by atoms with E-state index in [9.17, 15) is 13.2 Å². The van der Waals surface area contributed by atoms with Crippen LogP contribution < -0.4 is 0 Å². The Morgan fingerprint density at radius 1 is 0.680 bits per heavy atom. The van der Waals surface area contributed by atoms with Crippen LogP contribution in [0.25, 0.3) is 21.9 Å². The van der Waals surface area contributed by atoms with Gasteiger partial charge in [-0.3, -0.25) is 0 Å². The molecule has 0 N–H and O–H groups in total. The number of hydrogen-bond donors (Lipinski definition) is 0. The molecular formula is C22H21F3. The molecule has 0 radical (unpaired) electrons. The smallest absolute Gasteiger partial charge is 0.171 e. The van der Waals surface area contributed by atoms with E-state index in [0.29, 0.717) is 6.42 Å². The SMILES string of the molecule is FC(F)(F)CCCCCc1ccc(-c2cccc3ccccc23)cc1. The Kier molecular flexibility index (Phi) is 5.42. The van der Waals surface area contributed by atoms with Crippen LogP contribution in [0.4, 0.5) is 13.2 Å². The van der Waals surface area contributed by atoms with Gasteiger partial charge in [-0.15, -0.1) is 0 Å². The van der Waals surface area contributed by atoms with Gasteiger partial charge in [-0.05, 0) is 46.7 Å². The number of rotatable bonds is 6. The first-order chi connectivity index (χ1) is 12.0. The molecule has 25 heavy (non-hydrogen) atoms. The molecule has 3 rings (SSSR count). The molecule has 0 aliphatic heterocycles. The topological polar surface area (TPSA) is 0 Å². The predicted molar refractivity (Wildman–Crippen MR) is 97.6 cm³/mol. The number of unbranched alkanes of at least 4 members (excludes halogenated alkanes) is 2. The van der Waals surface area contributed by atoms with Gasteiger partial charge >= 0.3 is 6.18 Å². The summed E-state index contributed by atoms with van der Waals surface area (Å²) in [6.45, 7) is 0. The van der Waals surface area contributed by atoms with E-state index in [1.165, 1.54) is 21.9 Å². The number of benzene rings is 3. The van der Waals surface area contributed by atoms with Gasteiger partial charge < -0.3 is 0 Å². The molecule has 0 atom stereocenters. The molecule has 3 heteroatoms. The quantitative estimate of drug-likeness (QED) is 0.416. The molecule has 130 valence electrons. The monoisotopic (exact) mass is 342 g/mol. The van der Waals surface area contributed by atoms with Crippen LogP contribution in [0.3, 0.4) is 0 Å². The van der Waals surface area contributed by atoms with E-state index in [0.717, 1.165) is 18.4 Å². The summed E-state index contributed by atoms with van der Waals surface area (Å²) >= 11 is 0. The highest BCUT2D eigenvalue weighted by molar-refractivity contribution is 5.96. The van der Waals surface area contributed by atoms with E-state index < -0.39 is 12.6 Å². The van der Waals surface area contributed by atoms with Crippen molar-refractivity contribution in [2.75, 3.05) is 0 Å². The van der Waals surface area contributed by atoms with Crippen LogP contribution in [-0.4, -0.2) is 6.18 Å². The van der Waals surface area contributed by atoms with Crippen LogP contribution in [0.5, 0.6) is 0 Å². The number of alkyl halides is 3. The molecule has 3 aromatic carbocycles. The van der Waals surface area contributed by atoms with E-state index in [2.05, 4.69) is 54.6 Å². The molecule has 0 aliphatic carbocycles. The lowest BCUT2D eigenvalue weighted by Crippen LogP contribution is -2.06. The van der Waals surface area contributed by atoms with Crippen molar-refractivity contribution in [1.29, 1.82) is 0 Å². The molecule has 3 aromatic rings. The third-order valence-corrected chi connectivity index (χ3v) is 4.48. The van der Waals surface area contributed by atoms with E-state index in [4.69, 9.17) is 0 Å². The summed E-state index contributed by atoms with van der Waals surface area (Å²) in [4.78, 5) is 0. The Hall–Kier alpha value is -2.29. The minimum Gasteiger partial charge on any atom is -0.171 e. The van der Waals surface area contributed by atoms with Crippen LogP contribution in [0.2, 0.25) is 0 Å². The van der Waals surface area contributed by atoms with E-state index >= 15 is 0 Å². The fourth-order valence-electron chi connectivity index (χ4n) is 3.16. The standard InChI is InChI=1S/C22H21F3/c23-22(24,25)16-5-1-2-7-17-12-14-19(15-13-17)21-11-6-9-18-8-3-4-10-20(18)21/h3-4,6,8-15H,1-2,5,7,16H2. The van der Waals surface area contributed by atoms with E-state index in [1.807, 2.05) is 12.1 Å². The van der Waals surface area contributed by atoms with Crippen LogP contribution in [0.1, 0.15) is 31.2 Å². The highest BCUT2D eigenvalue weighted by Gasteiger charge is 2.25. The second-order valence-electron chi connectivity index (χ2n) is 6.40. The van der Waals surface area contributed by atoms with Crippen molar-refractivity contribution in [3.63, 3.8) is 0 Å². The van der Waals surface area contributed by atoms with Gasteiger partial charge in [0, 0.05) is 6.42 Å². The maximum absolute atomic E-state index is 12.1. The van der Waals surface area contributed by atoms with Gasteiger partial charge in [0.25, 0.3) is 0 Å². The van der Waals surface area contributed by atoms with Crippen molar-refractivity contribution >= 4 is 10.8 Å². The largest absolute Gasteiger partial charge is 0.389 e. The third kappa shape index (κ3) is 4.85. The Bertz CT molecular complexity index is 811. The Morgan fingerprint density at radius 3 is 2.16 bits per heavy atom. The van der Waals surface area contributed by atoms with Gasteiger partial charge in [0.05, 0.1) is 0 Å². The van der Waals surface area contributed by atoms with Crippen LogP contribution in [0.15, 0.2) is 66.7 Å². The first-order valence-corrected chi connectivity index (χ1v) is 8.67. The van der Waals surface area contributed by atoms with Gasteiger partial charge in [-0.2, -0.15) is 13.2 Å². The van der Waals surface area contributed by atoms with Crippen LogP contribution in [0, 0.1) is 0 Å². The molecule has 0 amide bonds. The number of halogens is 3. The van der Waals surface area contributed by atoms with E-state index in [-0.39, 0.29) is 6.42 Å². The summed E-state index contributed by atoms with van der Waals surface area (Å²) < 4.78 is 36.4. The molecule has 0 bridgehead atoms. The lowest BCUT2D eigenvalue weighted by molar-refractivity contribution is -0.135. The minimum absolute atomic E-state index is 0.220. The van der Waals surface area contributed by atoms with Crippen LogP contribution in [-0.2, 0) is 6.42 Å². The molecule has 0 saturated carbocycles. The second-order valence-corrected chi connectivity index (χ2v) is 6.40.